The first kappa shape index (κ1) is 25.4. The van der Waals surface area contributed by atoms with Crippen LogP contribution in [-0.2, 0) is 0 Å². The van der Waals surface area contributed by atoms with Crippen LogP contribution in [0.1, 0.15) is 10.4 Å². The number of rotatable bonds is 6. The summed E-state index contributed by atoms with van der Waals surface area (Å²) in [4.78, 5) is 30.2. The Kier molecular flexibility index (Phi) is 8.04. The maximum absolute atomic E-state index is 13.7. The number of anilines is 1. The number of halogens is 4. The molecule has 0 saturated carbocycles. The molecule has 0 atom stereocenters. The van der Waals surface area contributed by atoms with Crippen LogP contribution in [0.4, 0.5) is 19.3 Å². The number of imide groups is 1. The van der Waals surface area contributed by atoms with Crippen molar-refractivity contribution in [3.05, 3.63) is 106 Å². The monoisotopic (exact) mass is 545 g/mol. The van der Waals surface area contributed by atoms with E-state index in [2.05, 4.69) is 10.3 Å². The number of urea groups is 1. The summed E-state index contributed by atoms with van der Waals surface area (Å²) in [6.45, 7) is 0. The van der Waals surface area contributed by atoms with Crippen molar-refractivity contribution < 1.29 is 23.1 Å². The smallest absolute Gasteiger partial charge is 0.326 e. The van der Waals surface area contributed by atoms with Gasteiger partial charge in [-0.3, -0.25) is 10.1 Å². The van der Waals surface area contributed by atoms with Crippen LogP contribution < -0.4 is 15.4 Å². The largest absolute Gasteiger partial charge is 0.438 e. The van der Waals surface area contributed by atoms with Crippen LogP contribution in [0.25, 0.3) is 0 Å². The number of carbonyl (C=O) groups excluding carboxylic acids is 2. The van der Waals surface area contributed by atoms with Crippen LogP contribution >= 0.6 is 35.0 Å². The number of nitrogens with one attached hydrogen (secondary N) is 2. The van der Waals surface area contributed by atoms with Gasteiger partial charge in [-0.1, -0.05) is 41.0 Å². The molecule has 11 heteroatoms. The second-order valence-electron chi connectivity index (χ2n) is 7.15. The third kappa shape index (κ3) is 6.51. The maximum Gasteiger partial charge on any atom is 0.326 e. The Hall–Kier alpha value is -3.66. The number of nitrogens with zero attached hydrogens (tertiary/aromatic N) is 1. The van der Waals surface area contributed by atoms with E-state index in [1.807, 2.05) is 41.7 Å². The quantitative estimate of drug-likeness (QED) is 0.261. The molecule has 3 aromatic carbocycles. The van der Waals surface area contributed by atoms with E-state index in [0.717, 1.165) is 28.0 Å². The van der Waals surface area contributed by atoms with E-state index >= 15 is 0 Å². The third-order valence-corrected chi connectivity index (χ3v) is 6.11. The summed E-state index contributed by atoms with van der Waals surface area (Å²) < 4.78 is 33.1. The van der Waals surface area contributed by atoms with Crippen LogP contribution in [0.5, 0.6) is 11.6 Å². The van der Waals surface area contributed by atoms with Gasteiger partial charge in [0.05, 0.1) is 11.9 Å². The summed E-state index contributed by atoms with van der Waals surface area (Å²) >= 11 is 13.7. The van der Waals surface area contributed by atoms with Gasteiger partial charge in [0, 0.05) is 14.8 Å². The van der Waals surface area contributed by atoms with Crippen molar-refractivity contribution >= 4 is 52.6 Å². The third-order valence-electron chi connectivity index (χ3n) is 4.57. The van der Waals surface area contributed by atoms with Crippen molar-refractivity contribution in [3.63, 3.8) is 0 Å². The van der Waals surface area contributed by atoms with Gasteiger partial charge in [-0.05, 0) is 66.7 Å². The van der Waals surface area contributed by atoms with Gasteiger partial charge in [-0.2, -0.15) is 0 Å². The normalized spacial score (nSPS) is 10.6. The number of hydrogen-bond acceptors (Lipinski definition) is 5. The standard InChI is InChI=1S/C25H15Cl2F2N3O3S/c26-14-4-8-17(9-5-14)36-18-10-6-16(7-11-18)35-24-19(27)12-15(13-30-24)31-25(34)32-23(33)22-20(28)2-1-3-21(22)29/h1-13H,(H2,31,32,33,34). The average Bonchev–Trinajstić information content (AvgIpc) is 2.83. The fourth-order valence-corrected chi connectivity index (χ4v) is 4.09. The lowest BCUT2D eigenvalue weighted by molar-refractivity contribution is 0.0959. The molecule has 0 radical (unpaired) electrons. The highest BCUT2D eigenvalue weighted by atomic mass is 35.5. The maximum atomic E-state index is 13.7. The second kappa shape index (κ2) is 11.4. The minimum atomic E-state index is -1.24. The Bertz CT molecular complexity index is 1400. The molecule has 182 valence electrons. The van der Waals surface area contributed by atoms with Crippen molar-refractivity contribution in [2.45, 2.75) is 9.79 Å². The zero-order valence-electron chi connectivity index (χ0n) is 18.1. The van der Waals surface area contributed by atoms with E-state index in [0.29, 0.717) is 10.8 Å². The molecule has 0 aliphatic carbocycles. The van der Waals surface area contributed by atoms with Crippen LogP contribution in [0, 0.1) is 11.6 Å². The number of ether oxygens (including phenoxy) is 1. The van der Waals surface area contributed by atoms with Crippen LogP contribution in [-0.4, -0.2) is 16.9 Å². The summed E-state index contributed by atoms with van der Waals surface area (Å²) in [7, 11) is 0. The number of hydrogen-bond donors (Lipinski definition) is 2. The van der Waals surface area contributed by atoms with Crippen molar-refractivity contribution in [2.75, 3.05) is 5.32 Å². The number of carbonyl (C=O) groups is 2. The summed E-state index contributed by atoms with van der Waals surface area (Å²) in [6.07, 6.45) is 1.25. The summed E-state index contributed by atoms with van der Waals surface area (Å²) in [5, 5.41) is 4.91. The Morgan fingerprint density at radius 3 is 2.11 bits per heavy atom. The Balaban J connectivity index is 1.35. The molecule has 4 rings (SSSR count). The number of amides is 3. The predicted octanol–water partition coefficient (Wildman–Crippen LogP) is 7.57. The van der Waals surface area contributed by atoms with Gasteiger partial charge < -0.3 is 10.1 Å². The lowest BCUT2D eigenvalue weighted by atomic mass is 10.2. The molecule has 0 spiro atoms. The van der Waals surface area contributed by atoms with Crippen molar-refractivity contribution in [2.24, 2.45) is 0 Å². The van der Waals surface area contributed by atoms with Gasteiger partial charge in [-0.25, -0.2) is 18.6 Å². The average molecular weight is 546 g/mol. The fraction of sp³-hybridized carbons (Fsp3) is 0. The molecular weight excluding hydrogens is 531 g/mol. The minimum Gasteiger partial charge on any atom is -0.438 e. The zero-order chi connectivity index (χ0) is 25.7. The molecule has 0 unspecified atom stereocenters. The first-order chi connectivity index (χ1) is 17.3. The van der Waals surface area contributed by atoms with Crippen molar-refractivity contribution in [1.29, 1.82) is 0 Å². The fourth-order valence-electron chi connectivity index (χ4n) is 2.94. The lowest BCUT2D eigenvalue weighted by Crippen LogP contribution is -2.35. The molecule has 1 heterocycles. The number of aromatic nitrogens is 1. The van der Waals surface area contributed by atoms with Gasteiger partial charge in [-0.15, -0.1) is 0 Å². The molecule has 6 nitrogen and oxygen atoms in total. The van der Waals surface area contributed by atoms with E-state index in [-0.39, 0.29) is 16.6 Å². The predicted molar refractivity (Wildman–Crippen MR) is 134 cm³/mol. The topological polar surface area (TPSA) is 80.3 Å². The number of benzene rings is 3. The zero-order valence-corrected chi connectivity index (χ0v) is 20.4. The van der Waals surface area contributed by atoms with E-state index in [4.69, 9.17) is 27.9 Å². The molecule has 4 aromatic rings. The van der Waals surface area contributed by atoms with Crippen LogP contribution in [0.2, 0.25) is 10.0 Å². The first-order valence-corrected chi connectivity index (χ1v) is 11.8. The minimum absolute atomic E-state index is 0.0823. The first-order valence-electron chi connectivity index (χ1n) is 10.2. The Labute approximate surface area is 218 Å². The van der Waals surface area contributed by atoms with E-state index in [1.165, 1.54) is 12.3 Å². The highest BCUT2D eigenvalue weighted by Gasteiger charge is 2.19. The highest BCUT2D eigenvalue weighted by Crippen LogP contribution is 2.33. The molecule has 36 heavy (non-hydrogen) atoms. The summed E-state index contributed by atoms with van der Waals surface area (Å²) in [5.74, 6) is -2.85. The van der Waals surface area contributed by atoms with Gasteiger partial charge in [0.25, 0.3) is 5.91 Å². The Morgan fingerprint density at radius 2 is 1.50 bits per heavy atom. The van der Waals surface area contributed by atoms with Crippen molar-refractivity contribution in [1.82, 2.24) is 10.3 Å². The number of pyridine rings is 1. The van der Waals surface area contributed by atoms with Crippen LogP contribution in [0.15, 0.2) is 88.8 Å². The summed E-state index contributed by atoms with van der Waals surface area (Å²) in [5.41, 5.74) is -0.744. The molecule has 0 fully saturated rings. The molecule has 2 N–H and O–H groups in total. The molecule has 1 aromatic heterocycles. The molecular formula is C25H15Cl2F2N3O3S. The molecule has 0 saturated heterocycles. The molecule has 3 amide bonds. The van der Waals surface area contributed by atoms with Gasteiger partial charge in [0.1, 0.15) is 28.0 Å². The van der Waals surface area contributed by atoms with E-state index < -0.39 is 29.1 Å². The van der Waals surface area contributed by atoms with Crippen molar-refractivity contribution in [3.8, 4) is 11.6 Å². The van der Waals surface area contributed by atoms with Crippen LogP contribution in [0.3, 0.4) is 0 Å². The van der Waals surface area contributed by atoms with Gasteiger partial charge in [0.2, 0.25) is 5.88 Å². The SMILES string of the molecule is O=C(NC(=O)c1c(F)cccc1F)Nc1cnc(Oc2ccc(Sc3ccc(Cl)cc3)cc2)c(Cl)c1. The lowest BCUT2D eigenvalue weighted by Gasteiger charge is -2.10. The van der Waals surface area contributed by atoms with Gasteiger partial charge in [0.15, 0.2) is 0 Å². The highest BCUT2D eigenvalue weighted by molar-refractivity contribution is 7.99. The summed E-state index contributed by atoms with van der Waals surface area (Å²) in [6, 6.07) is 18.0. The molecule has 0 bridgehead atoms. The molecule has 0 aliphatic rings. The van der Waals surface area contributed by atoms with E-state index in [1.54, 1.807) is 23.9 Å². The Morgan fingerprint density at radius 1 is 0.889 bits per heavy atom. The second-order valence-corrected chi connectivity index (χ2v) is 9.14. The van der Waals surface area contributed by atoms with Gasteiger partial charge >= 0.3 is 6.03 Å². The van der Waals surface area contributed by atoms with E-state index in [9.17, 15) is 18.4 Å². The molecule has 0 aliphatic heterocycles.